The minimum absolute atomic E-state index is 0.697. The van der Waals surface area contributed by atoms with E-state index in [4.69, 9.17) is 0 Å². The third-order valence-corrected chi connectivity index (χ3v) is 4.55. The lowest BCUT2D eigenvalue weighted by molar-refractivity contribution is 0.791. The predicted octanol–water partition coefficient (Wildman–Crippen LogP) is 4.73. The molecule has 0 saturated carbocycles. The van der Waals surface area contributed by atoms with Crippen LogP contribution in [0.1, 0.15) is 35.3 Å². The van der Waals surface area contributed by atoms with Crippen molar-refractivity contribution in [1.29, 1.82) is 0 Å². The van der Waals surface area contributed by atoms with Crippen molar-refractivity contribution >= 4 is 27.5 Å². The van der Waals surface area contributed by atoms with E-state index in [1.807, 2.05) is 11.3 Å². The summed E-state index contributed by atoms with van der Waals surface area (Å²) in [5.74, 6) is 0.697. The summed E-state index contributed by atoms with van der Waals surface area (Å²) in [6, 6.07) is 6.78. The number of aryl methyl sites for hydroxylation is 1. The number of allylic oxidation sites excluding steroid dienone is 1. The van der Waals surface area contributed by atoms with Gasteiger partial charge >= 0.3 is 0 Å². The van der Waals surface area contributed by atoms with Crippen LogP contribution in [-0.2, 0) is 0 Å². The van der Waals surface area contributed by atoms with Crippen molar-refractivity contribution in [3.05, 3.63) is 40.3 Å². The van der Waals surface area contributed by atoms with E-state index >= 15 is 0 Å². The molecular formula is C14H14S. The summed E-state index contributed by atoms with van der Waals surface area (Å²) in [4.78, 5) is 1.57. The van der Waals surface area contributed by atoms with Crippen molar-refractivity contribution in [2.24, 2.45) is 0 Å². The fraction of sp³-hybridized carbons (Fsp3) is 0.286. The third kappa shape index (κ3) is 1.34. The molecular weight excluding hydrogens is 200 g/mol. The summed E-state index contributed by atoms with van der Waals surface area (Å²) in [6.45, 7) is 4.49. The second-order valence-corrected chi connectivity index (χ2v) is 5.50. The molecule has 0 bridgehead atoms. The van der Waals surface area contributed by atoms with Crippen LogP contribution in [0.3, 0.4) is 0 Å². The van der Waals surface area contributed by atoms with Crippen LogP contribution in [0, 0.1) is 6.92 Å². The molecule has 2 aromatic rings. The number of fused-ring (bicyclic) bond motifs is 3. The van der Waals surface area contributed by atoms with Crippen molar-refractivity contribution in [3.63, 3.8) is 0 Å². The SMILES string of the molecule is Cc1ccc2sc3c(c2c1)C=CCC3C. The van der Waals surface area contributed by atoms with Gasteiger partial charge in [-0.2, -0.15) is 0 Å². The van der Waals surface area contributed by atoms with Crippen LogP contribution in [0.5, 0.6) is 0 Å². The average Bonchev–Trinajstić information content (AvgIpc) is 2.58. The summed E-state index contributed by atoms with van der Waals surface area (Å²) < 4.78 is 1.43. The van der Waals surface area contributed by atoms with Gasteiger partial charge in [-0.15, -0.1) is 11.3 Å². The van der Waals surface area contributed by atoms with Crippen molar-refractivity contribution in [3.8, 4) is 0 Å². The molecule has 1 heteroatoms. The summed E-state index contributed by atoms with van der Waals surface area (Å²) in [5, 5.41) is 1.44. The molecule has 0 nitrogen and oxygen atoms in total. The van der Waals surface area contributed by atoms with E-state index in [2.05, 4.69) is 44.2 Å². The first-order valence-corrected chi connectivity index (χ1v) is 6.27. The molecule has 3 rings (SSSR count). The lowest BCUT2D eigenvalue weighted by atomic mass is 9.94. The van der Waals surface area contributed by atoms with E-state index in [-0.39, 0.29) is 0 Å². The normalized spacial score (nSPS) is 19.5. The van der Waals surface area contributed by atoms with Crippen LogP contribution in [-0.4, -0.2) is 0 Å². The Labute approximate surface area is 94.2 Å². The average molecular weight is 214 g/mol. The summed E-state index contributed by atoms with van der Waals surface area (Å²) in [7, 11) is 0. The number of benzene rings is 1. The number of rotatable bonds is 0. The molecule has 0 amide bonds. The minimum Gasteiger partial charge on any atom is -0.139 e. The van der Waals surface area contributed by atoms with Gasteiger partial charge in [0.15, 0.2) is 0 Å². The van der Waals surface area contributed by atoms with Crippen molar-refractivity contribution < 1.29 is 0 Å². The van der Waals surface area contributed by atoms with Gasteiger partial charge in [0, 0.05) is 15.0 Å². The molecule has 0 N–H and O–H groups in total. The molecule has 0 radical (unpaired) electrons. The Balaban J connectivity index is 2.37. The monoisotopic (exact) mass is 214 g/mol. The Morgan fingerprint density at radius 3 is 3.07 bits per heavy atom. The number of hydrogen-bond donors (Lipinski definition) is 0. The molecule has 0 saturated heterocycles. The molecule has 1 aliphatic carbocycles. The van der Waals surface area contributed by atoms with Gasteiger partial charge < -0.3 is 0 Å². The van der Waals surface area contributed by atoms with Crippen LogP contribution in [0.2, 0.25) is 0 Å². The Morgan fingerprint density at radius 1 is 1.33 bits per heavy atom. The highest BCUT2D eigenvalue weighted by Crippen LogP contribution is 2.41. The number of hydrogen-bond acceptors (Lipinski definition) is 1. The zero-order valence-corrected chi connectivity index (χ0v) is 9.90. The third-order valence-electron chi connectivity index (χ3n) is 3.13. The van der Waals surface area contributed by atoms with Gasteiger partial charge in [-0.05, 0) is 37.0 Å². The van der Waals surface area contributed by atoms with Crippen LogP contribution >= 0.6 is 11.3 Å². The molecule has 1 aromatic carbocycles. The maximum atomic E-state index is 2.32. The topological polar surface area (TPSA) is 0 Å². The molecule has 15 heavy (non-hydrogen) atoms. The highest BCUT2D eigenvalue weighted by Gasteiger charge is 2.17. The Hall–Kier alpha value is -1.08. The van der Waals surface area contributed by atoms with Gasteiger partial charge in [-0.1, -0.05) is 30.7 Å². The zero-order chi connectivity index (χ0) is 10.4. The smallest absolute Gasteiger partial charge is 0.0352 e. The predicted molar refractivity (Wildman–Crippen MR) is 68.6 cm³/mol. The van der Waals surface area contributed by atoms with E-state index < -0.39 is 0 Å². The Morgan fingerprint density at radius 2 is 2.20 bits per heavy atom. The largest absolute Gasteiger partial charge is 0.139 e. The molecule has 1 heterocycles. The Kier molecular flexibility index (Phi) is 1.96. The van der Waals surface area contributed by atoms with Crippen molar-refractivity contribution in [2.45, 2.75) is 26.2 Å². The number of thiophene rings is 1. The van der Waals surface area contributed by atoms with Crippen LogP contribution in [0.4, 0.5) is 0 Å². The van der Waals surface area contributed by atoms with Crippen LogP contribution < -0.4 is 0 Å². The Bertz CT molecular complexity index is 546. The standard InChI is InChI=1S/C14H14S/c1-9-6-7-13-12(8-9)11-5-3-4-10(2)14(11)15-13/h3,5-8,10H,4H2,1-2H3. The van der Waals surface area contributed by atoms with E-state index in [1.165, 1.54) is 27.6 Å². The summed E-state index contributed by atoms with van der Waals surface area (Å²) in [5.41, 5.74) is 2.83. The van der Waals surface area contributed by atoms with Crippen LogP contribution in [0.25, 0.3) is 16.2 Å². The van der Waals surface area contributed by atoms with Gasteiger partial charge in [0.2, 0.25) is 0 Å². The minimum atomic E-state index is 0.697. The van der Waals surface area contributed by atoms with Gasteiger partial charge in [0.05, 0.1) is 0 Å². The maximum Gasteiger partial charge on any atom is 0.0352 e. The highest BCUT2D eigenvalue weighted by molar-refractivity contribution is 7.19. The highest BCUT2D eigenvalue weighted by atomic mass is 32.1. The lowest BCUT2D eigenvalue weighted by Gasteiger charge is -2.12. The van der Waals surface area contributed by atoms with Gasteiger partial charge in [0.25, 0.3) is 0 Å². The first-order chi connectivity index (χ1) is 7.25. The molecule has 0 spiro atoms. The molecule has 1 aromatic heterocycles. The van der Waals surface area contributed by atoms with E-state index in [0.717, 1.165) is 0 Å². The van der Waals surface area contributed by atoms with Crippen molar-refractivity contribution in [2.75, 3.05) is 0 Å². The molecule has 0 aliphatic heterocycles. The molecule has 0 fully saturated rings. The fourth-order valence-electron chi connectivity index (χ4n) is 2.28. The van der Waals surface area contributed by atoms with E-state index in [0.29, 0.717) is 5.92 Å². The zero-order valence-electron chi connectivity index (χ0n) is 9.08. The summed E-state index contributed by atoms with van der Waals surface area (Å²) >= 11 is 1.97. The van der Waals surface area contributed by atoms with E-state index in [1.54, 1.807) is 4.88 Å². The van der Waals surface area contributed by atoms with Crippen LogP contribution in [0.15, 0.2) is 24.3 Å². The van der Waals surface area contributed by atoms with Gasteiger partial charge in [-0.3, -0.25) is 0 Å². The molecule has 1 aliphatic rings. The quantitative estimate of drug-likeness (QED) is 0.594. The molecule has 1 atom stereocenters. The molecule has 1 unspecified atom stereocenters. The van der Waals surface area contributed by atoms with E-state index in [9.17, 15) is 0 Å². The fourth-order valence-corrected chi connectivity index (χ4v) is 3.52. The second kappa shape index (κ2) is 3.21. The first kappa shape index (κ1) is 9.17. The van der Waals surface area contributed by atoms with Crippen molar-refractivity contribution in [1.82, 2.24) is 0 Å². The maximum absolute atomic E-state index is 2.32. The first-order valence-electron chi connectivity index (χ1n) is 5.45. The molecule has 76 valence electrons. The summed E-state index contributed by atoms with van der Waals surface area (Å²) in [6.07, 6.45) is 5.80. The van der Waals surface area contributed by atoms with Gasteiger partial charge in [-0.25, -0.2) is 0 Å². The lowest BCUT2D eigenvalue weighted by Crippen LogP contribution is -1.94. The van der Waals surface area contributed by atoms with Gasteiger partial charge in [0.1, 0.15) is 0 Å². The second-order valence-electron chi connectivity index (χ2n) is 4.42.